The van der Waals surface area contributed by atoms with Crippen LogP contribution in [0.2, 0.25) is 0 Å². The quantitative estimate of drug-likeness (QED) is 0.721. The highest BCUT2D eigenvalue weighted by molar-refractivity contribution is 5.96. The number of aliphatic hydroxyl groups is 1. The van der Waals surface area contributed by atoms with Gasteiger partial charge in [0.2, 0.25) is 0 Å². The van der Waals surface area contributed by atoms with E-state index in [4.69, 9.17) is 5.11 Å². The Hall–Kier alpha value is -1.36. The van der Waals surface area contributed by atoms with Gasteiger partial charge in [0, 0.05) is 18.8 Å². The maximum atomic E-state index is 12.0. The van der Waals surface area contributed by atoms with Crippen LogP contribution in [0.25, 0.3) is 0 Å². The minimum Gasteiger partial charge on any atom is -0.396 e. The normalized spacial score (nSPS) is 11.6. The van der Waals surface area contributed by atoms with Gasteiger partial charge in [0.05, 0.1) is 11.3 Å². The van der Waals surface area contributed by atoms with Crippen LogP contribution in [0.3, 0.4) is 0 Å². The molecule has 0 aliphatic heterocycles. The summed E-state index contributed by atoms with van der Waals surface area (Å²) < 4.78 is 0. The second kappa shape index (κ2) is 5.31. The van der Waals surface area contributed by atoms with Crippen molar-refractivity contribution in [1.82, 2.24) is 15.5 Å². The molecule has 0 saturated heterocycles. The predicted octanol–water partition coefficient (Wildman–Crippen LogP) is 1.16. The molecule has 1 aromatic rings. The van der Waals surface area contributed by atoms with Gasteiger partial charge >= 0.3 is 0 Å². The number of aliphatic hydroxyl groups excluding tert-OH is 1. The van der Waals surface area contributed by atoms with E-state index in [-0.39, 0.29) is 17.9 Å². The van der Waals surface area contributed by atoms with Crippen LogP contribution in [0.5, 0.6) is 0 Å². The molecular weight excluding hydrogens is 218 g/mol. The number of hydrogen-bond acceptors (Lipinski definition) is 3. The minimum absolute atomic E-state index is 0.101. The molecule has 1 rings (SSSR count). The highest BCUT2D eigenvalue weighted by atomic mass is 16.3. The molecule has 0 radical (unpaired) electrons. The van der Waals surface area contributed by atoms with Gasteiger partial charge in [0.25, 0.3) is 5.91 Å². The molecule has 0 aliphatic carbocycles. The molecule has 3 N–H and O–H groups in total. The summed E-state index contributed by atoms with van der Waals surface area (Å²) in [5, 5.41) is 18.6. The van der Waals surface area contributed by atoms with Gasteiger partial charge in [-0.2, -0.15) is 5.10 Å². The van der Waals surface area contributed by atoms with E-state index >= 15 is 0 Å². The van der Waals surface area contributed by atoms with E-state index < -0.39 is 0 Å². The molecule has 0 saturated carbocycles. The number of aromatic nitrogens is 2. The summed E-state index contributed by atoms with van der Waals surface area (Å²) in [5.41, 5.74) is 2.00. The van der Waals surface area contributed by atoms with Gasteiger partial charge in [-0.25, -0.2) is 0 Å². The van der Waals surface area contributed by atoms with E-state index in [1.807, 2.05) is 20.8 Å². The first-order valence-electron chi connectivity index (χ1n) is 5.78. The number of aromatic amines is 1. The van der Waals surface area contributed by atoms with Crippen LogP contribution < -0.4 is 5.32 Å². The molecule has 0 spiro atoms. The van der Waals surface area contributed by atoms with Crippen molar-refractivity contribution in [2.24, 2.45) is 5.41 Å². The third kappa shape index (κ3) is 3.56. The van der Waals surface area contributed by atoms with Crippen molar-refractivity contribution in [3.05, 3.63) is 17.0 Å². The minimum atomic E-state index is -0.111. The zero-order valence-electron chi connectivity index (χ0n) is 10.9. The molecule has 0 aliphatic rings. The van der Waals surface area contributed by atoms with Gasteiger partial charge in [-0.15, -0.1) is 0 Å². The standard InChI is InChI=1S/C12H21N3O2/c1-8-10(9(2)15-14-8)11(17)13-7-12(3,4)5-6-16/h16H,5-7H2,1-4H3,(H,13,17)(H,14,15). The average molecular weight is 239 g/mol. The number of amides is 1. The van der Waals surface area contributed by atoms with E-state index in [1.165, 1.54) is 0 Å². The zero-order valence-corrected chi connectivity index (χ0v) is 10.9. The Balaban J connectivity index is 2.62. The van der Waals surface area contributed by atoms with Crippen molar-refractivity contribution in [2.75, 3.05) is 13.2 Å². The summed E-state index contributed by atoms with van der Waals surface area (Å²) in [6.07, 6.45) is 0.663. The number of nitrogens with one attached hydrogen (secondary N) is 2. The molecular formula is C12H21N3O2. The van der Waals surface area contributed by atoms with Gasteiger partial charge in [-0.3, -0.25) is 9.89 Å². The number of aryl methyl sites for hydroxylation is 2. The molecule has 0 atom stereocenters. The fourth-order valence-corrected chi connectivity index (χ4v) is 1.68. The summed E-state index contributed by atoms with van der Waals surface area (Å²) in [4.78, 5) is 12.0. The second-order valence-corrected chi connectivity index (χ2v) is 5.13. The Kier molecular flexibility index (Phi) is 4.28. The molecule has 1 amide bonds. The third-order valence-corrected chi connectivity index (χ3v) is 2.87. The van der Waals surface area contributed by atoms with Crippen LogP contribution in [0.4, 0.5) is 0 Å². The lowest BCUT2D eigenvalue weighted by Crippen LogP contribution is -2.35. The maximum absolute atomic E-state index is 12.0. The summed E-state index contributed by atoms with van der Waals surface area (Å²) in [6.45, 7) is 8.32. The van der Waals surface area contributed by atoms with Crippen molar-refractivity contribution in [3.63, 3.8) is 0 Å². The van der Waals surface area contributed by atoms with E-state index in [0.717, 1.165) is 5.69 Å². The highest BCUT2D eigenvalue weighted by Gasteiger charge is 2.20. The number of carbonyl (C=O) groups is 1. The van der Waals surface area contributed by atoms with Crippen molar-refractivity contribution in [3.8, 4) is 0 Å². The van der Waals surface area contributed by atoms with Crippen molar-refractivity contribution in [2.45, 2.75) is 34.1 Å². The Morgan fingerprint density at radius 3 is 2.59 bits per heavy atom. The first-order valence-corrected chi connectivity index (χ1v) is 5.78. The number of rotatable bonds is 5. The molecule has 0 unspecified atom stereocenters. The Labute approximate surface area is 102 Å². The van der Waals surface area contributed by atoms with Crippen LogP contribution >= 0.6 is 0 Å². The number of carbonyl (C=O) groups excluding carboxylic acids is 1. The monoisotopic (exact) mass is 239 g/mol. The van der Waals surface area contributed by atoms with E-state index in [2.05, 4.69) is 15.5 Å². The van der Waals surface area contributed by atoms with Gasteiger partial charge in [-0.05, 0) is 25.7 Å². The lowest BCUT2D eigenvalue weighted by molar-refractivity contribution is 0.0927. The highest BCUT2D eigenvalue weighted by Crippen LogP contribution is 2.18. The molecule has 5 nitrogen and oxygen atoms in total. The van der Waals surface area contributed by atoms with E-state index in [0.29, 0.717) is 24.2 Å². The van der Waals surface area contributed by atoms with Gasteiger partial charge in [-0.1, -0.05) is 13.8 Å². The van der Waals surface area contributed by atoms with Crippen LogP contribution in [0.15, 0.2) is 0 Å². The van der Waals surface area contributed by atoms with Crippen molar-refractivity contribution in [1.29, 1.82) is 0 Å². The van der Waals surface area contributed by atoms with Gasteiger partial charge < -0.3 is 10.4 Å². The first kappa shape index (κ1) is 13.7. The Morgan fingerprint density at radius 2 is 2.12 bits per heavy atom. The molecule has 1 aromatic heterocycles. The Morgan fingerprint density at radius 1 is 1.47 bits per heavy atom. The van der Waals surface area contributed by atoms with Crippen LogP contribution in [-0.4, -0.2) is 34.4 Å². The molecule has 1 heterocycles. The molecule has 0 fully saturated rings. The second-order valence-electron chi connectivity index (χ2n) is 5.13. The summed E-state index contributed by atoms with van der Waals surface area (Å²) in [5.74, 6) is -0.111. The zero-order chi connectivity index (χ0) is 13.1. The van der Waals surface area contributed by atoms with E-state index in [1.54, 1.807) is 6.92 Å². The first-order chi connectivity index (χ1) is 7.87. The molecule has 0 bridgehead atoms. The lowest BCUT2D eigenvalue weighted by Gasteiger charge is -2.23. The van der Waals surface area contributed by atoms with Gasteiger partial charge in [0.15, 0.2) is 0 Å². The lowest BCUT2D eigenvalue weighted by atomic mass is 9.89. The topological polar surface area (TPSA) is 78.0 Å². The number of H-pyrrole nitrogens is 1. The van der Waals surface area contributed by atoms with Crippen molar-refractivity contribution < 1.29 is 9.90 Å². The van der Waals surface area contributed by atoms with Crippen molar-refractivity contribution >= 4 is 5.91 Å². The number of nitrogens with zero attached hydrogens (tertiary/aromatic N) is 1. The largest absolute Gasteiger partial charge is 0.396 e. The molecule has 0 aromatic carbocycles. The molecule has 96 valence electrons. The summed E-state index contributed by atoms with van der Waals surface area (Å²) >= 11 is 0. The SMILES string of the molecule is Cc1n[nH]c(C)c1C(=O)NCC(C)(C)CCO. The maximum Gasteiger partial charge on any atom is 0.255 e. The van der Waals surface area contributed by atoms with Crippen LogP contribution in [0, 0.1) is 19.3 Å². The summed E-state index contributed by atoms with van der Waals surface area (Å²) in [7, 11) is 0. The fourth-order valence-electron chi connectivity index (χ4n) is 1.68. The Bertz CT molecular complexity index is 377. The molecule has 5 heteroatoms. The fraction of sp³-hybridized carbons (Fsp3) is 0.667. The third-order valence-electron chi connectivity index (χ3n) is 2.87. The average Bonchev–Trinajstić information content (AvgIpc) is 2.55. The predicted molar refractivity (Wildman–Crippen MR) is 65.9 cm³/mol. The van der Waals surface area contributed by atoms with Gasteiger partial charge in [0.1, 0.15) is 0 Å². The summed E-state index contributed by atoms with van der Waals surface area (Å²) in [6, 6.07) is 0. The van der Waals surface area contributed by atoms with E-state index in [9.17, 15) is 4.79 Å². The smallest absolute Gasteiger partial charge is 0.255 e. The molecule has 17 heavy (non-hydrogen) atoms. The number of hydrogen-bond donors (Lipinski definition) is 3. The van der Waals surface area contributed by atoms with Crippen LogP contribution in [0.1, 0.15) is 42.0 Å². The van der Waals surface area contributed by atoms with Crippen LogP contribution in [-0.2, 0) is 0 Å².